The molecule has 94 valence electrons. The lowest BCUT2D eigenvalue weighted by molar-refractivity contribution is -0.384. The summed E-state index contributed by atoms with van der Waals surface area (Å²) in [6, 6.07) is 4.04. The lowest BCUT2D eigenvalue weighted by atomic mass is 10.3. The molecule has 0 aliphatic rings. The average Bonchev–Trinajstić information content (AvgIpc) is 2.20. The molecule has 0 saturated carbocycles. The summed E-state index contributed by atoms with van der Waals surface area (Å²) in [4.78, 5) is 10.1. The molecule has 0 saturated heterocycles. The van der Waals surface area contributed by atoms with Gasteiger partial charge in [-0.2, -0.15) is 0 Å². The number of benzene rings is 1. The number of hydrogen-bond donors (Lipinski definition) is 1. The van der Waals surface area contributed by atoms with Crippen LogP contribution in [-0.4, -0.2) is 25.0 Å². The Morgan fingerprint density at radius 3 is 2.65 bits per heavy atom. The lowest BCUT2D eigenvalue weighted by Gasteiger charge is -2.07. The quantitative estimate of drug-likeness (QED) is 0.505. The molecule has 0 unspecified atom stereocenters. The first-order chi connectivity index (χ1) is 7.85. The summed E-state index contributed by atoms with van der Waals surface area (Å²) in [6.45, 7) is 0. The van der Waals surface area contributed by atoms with Crippen LogP contribution in [0.5, 0.6) is 0 Å². The van der Waals surface area contributed by atoms with E-state index in [1.165, 1.54) is 18.2 Å². The first-order valence-electron chi connectivity index (χ1n) is 4.36. The van der Waals surface area contributed by atoms with Crippen LogP contribution < -0.4 is 4.72 Å². The smallest absolute Gasteiger partial charge is 0.277 e. The Morgan fingerprint density at radius 1 is 1.47 bits per heavy atom. The van der Waals surface area contributed by atoms with Crippen LogP contribution >= 0.6 is 27.5 Å². The zero-order valence-corrected chi connectivity index (χ0v) is 11.5. The van der Waals surface area contributed by atoms with Crippen LogP contribution in [0.4, 0.5) is 11.4 Å². The second-order valence-corrected chi connectivity index (χ2v) is 6.16. The monoisotopic (exact) mass is 342 g/mol. The van der Waals surface area contributed by atoms with E-state index in [0.717, 1.165) is 0 Å². The van der Waals surface area contributed by atoms with Crippen molar-refractivity contribution in [1.82, 2.24) is 0 Å². The van der Waals surface area contributed by atoms with Gasteiger partial charge in [0.15, 0.2) is 0 Å². The summed E-state index contributed by atoms with van der Waals surface area (Å²) in [5, 5.41) is 10.7. The molecule has 17 heavy (non-hydrogen) atoms. The topological polar surface area (TPSA) is 89.3 Å². The van der Waals surface area contributed by atoms with E-state index in [2.05, 4.69) is 20.7 Å². The maximum absolute atomic E-state index is 11.4. The van der Waals surface area contributed by atoms with Crippen molar-refractivity contribution < 1.29 is 13.3 Å². The van der Waals surface area contributed by atoms with Crippen LogP contribution in [0, 0.1) is 10.1 Å². The summed E-state index contributed by atoms with van der Waals surface area (Å²) in [6.07, 6.45) is 0. The van der Waals surface area contributed by atoms with Gasteiger partial charge in [-0.15, -0.1) is 11.6 Å². The number of nitrogens with one attached hydrogen (secondary N) is 1. The second-order valence-electron chi connectivity index (χ2n) is 3.03. The van der Waals surface area contributed by atoms with E-state index in [9.17, 15) is 18.5 Å². The Kier molecular flexibility index (Phi) is 4.72. The largest absolute Gasteiger partial charge is 0.294 e. The number of nitro groups is 1. The number of nitro benzene ring substituents is 1. The van der Waals surface area contributed by atoms with Crippen LogP contribution in [-0.2, 0) is 10.0 Å². The second kappa shape index (κ2) is 5.65. The highest BCUT2D eigenvalue weighted by Gasteiger charge is 2.18. The van der Waals surface area contributed by atoms with Gasteiger partial charge in [0.25, 0.3) is 5.69 Å². The van der Waals surface area contributed by atoms with Crippen molar-refractivity contribution in [3.8, 4) is 0 Å². The van der Waals surface area contributed by atoms with Crippen LogP contribution in [0.3, 0.4) is 0 Å². The van der Waals surface area contributed by atoms with Gasteiger partial charge in [-0.3, -0.25) is 14.8 Å². The molecule has 1 rings (SSSR count). The molecule has 1 aromatic rings. The molecule has 0 fully saturated rings. The standard InChI is InChI=1S/C8H8BrClN2O4S/c9-6-1-2-7(8(5-6)12(13)14)11-17(15,16)4-3-10/h1-2,5,11H,3-4H2. The summed E-state index contributed by atoms with van der Waals surface area (Å²) in [7, 11) is -3.66. The minimum Gasteiger partial charge on any atom is -0.277 e. The van der Waals surface area contributed by atoms with Crippen molar-refractivity contribution in [3.05, 3.63) is 32.8 Å². The third-order valence-corrected chi connectivity index (χ3v) is 3.95. The van der Waals surface area contributed by atoms with Gasteiger partial charge in [0.2, 0.25) is 10.0 Å². The van der Waals surface area contributed by atoms with Gasteiger partial charge in [0, 0.05) is 16.4 Å². The van der Waals surface area contributed by atoms with E-state index in [0.29, 0.717) is 4.47 Å². The summed E-state index contributed by atoms with van der Waals surface area (Å²) in [5.41, 5.74) is -0.402. The van der Waals surface area contributed by atoms with Gasteiger partial charge in [0.05, 0.1) is 10.7 Å². The zero-order valence-electron chi connectivity index (χ0n) is 8.39. The predicted octanol–water partition coefficient (Wildman–Crippen LogP) is 2.34. The normalized spacial score (nSPS) is 11.2. The van der Waals surface area contributed by atoms with Crippen molar-refractivity contribution in [2.45, 2.75) is 0 Å². The third-order valence-electron chi connectivity index (χ3n) is 1.77. The summed E-state index contributed by atoms with van der Waals surface area (Å²) in [5.74, 6) is -0.387. The van der Waals surface area contributed by atoms with E-state index in [4.69, 9.17) is 11.6 Å². The molecule has 0 amide bonds. The molecule has 0 radical (unpaired) electrons. The Morgan fingerprint density at radius 2 is 2.12 bits per heavy atom. The summed E-state index contributed by atoms with van der Waals surface area (Å²) < 4.78 is 25.5. The van der Waals surface area contributed by atoms with Gasteiger partial charge in [-0.05, 0) is 12.1 Å². The average molecular weight is 344 g/mol. The van der Waals surface area contributed by atoms with E-state index >= 15 is 0 Å². The van der Waals surface area contributed by atoms with Gasteiger partial charge in [-0.25, -0.2) is 8.42 Å². The number of anilines is 1. The highest BCUT2D eigenvalue weighted by atomic mass is 79.9. The van der Waals surface area contributed by atoms with E-state index in [1.54, 1.807) is 0 Å². The van der Waals surface area contributed by atoms with Gasteiger partial charge in [-0.1, -0.05) is 15.9 Å². The van der Waals surface area contributed by atoms with E-state index < -0.39 is 14.9 Å². The van der Waals surface area contributed by atoms with E-state index in [1.807, 2.05) is 0 Å². The molecule has 9 heteroatoms. The van der Waals surface area contributed by atoms with Crippen molar-refractivity contribution >= 4 is 48.9 Å². The molecule has 0 aromatic heterocycles. The Hall–Kier alpha value is -0.860. The maximum Gasteiger partial charge on any atom is 0.294 e. The van der Waals surface area contributed by atoms with Crippen LogP contribution in [0.2, 0.25) is 0 Å². The fourth-order valence-corrected chi connectivity index (χ4v) is 2.83. The molecule has 0 aliphatic heterocycles. The Labute approximate surface area is 111 Å². The van der Waals surface area contributed by atoms with Crippen LogP contribution in [0.15, 0.2) is 22.7 Å². The third kappa shape index (κ3) is 4.14. The highest BCUT2D eigenvalue weighted by molar-refractivity contribution is 9.10. The molecule has 0 spiro atoms. The molecule has 0 bridgehead atoms. The Bertz CT molecular complexity index is 534. The SMILES string of the molecule is O=[N+]([O-])c1cc(Br)ccc1NS(=O)(=O)CCCl. The number of hydrogen-bond acceptors (Lipinski definition) is 4. The Balaban J connectivity index is 3.11. The molecule has 0 aliphatic carbocycles. The fourth-order valence-electron chi connectivity index (χ4n) is 1.06. The lowest BCUT2D eigenvalue weighted by Crippen LogP contribution is -2.18. The van der Waals surface area contributed by atoms with Gasteiger partial charge in [0.1, 0.15) is 5.69 Å². The minimum atomic E-state index is -3.66. The number of halogens is 2. The first kappa shape index (κ1) is 14.2. The number of alkyl halides is 1. The van der Waals surface area contributed by atoms with Gasteiger partial charge < -0.3 is 0 Å². The molecule has 1 N–H and O–H groups in total. The molecular weight excluding hydrogens is 336 g/mol. The van der Waals surface area contributed by atoms with Crippen LogP contribution in [0.1, 0.15) is 0 Å². The summed E-state index contributed by atoms with van der Waals surface area (Å²) >= 11 is 8.39. The van der Waals surface area contributed by atoms with Crippen molar-refractivity contribution in [1.29, 1.82) is 0 Å². The molecule has 1 aromatic carbocycles. The van der Waals surface area contributed by atoms with Crippen molar-refractivity contribution in [2.24, 2.45) is 0 Å². The predicted molar refractivity (Wildman–Crippen MR) is 68.9 cm³/mol. The highest BCUT2D eigenvalue weighted by Crippen LogP contribution is 2.28. The number of sulfonamides is 1. The molecule has 0 heterocycles. The fraction of sp³-hybridized carbons (Fsp3) is 0.250. The van der Waals surface area contributed by atoms with E-state index in [-0.39, 0.29) is 23.0 Å². The molecule has 0 atom stereocenters. The molecular formula is C8H8BrClN2O4S. The van der Waals surface area contributed by atoms with Gasteiger partial charge >= 0.3 is 0 Å². The van der Waals surface area contributed by atoms with Crippen molar-refractivity contribution in [3.63, 3.8) is 0 Å². The van der Waals surface area contributed by atoms with Crippen molar-refractivity contribution in [2.75, 3.05) is 16.4 Å². The van der Waals surface area contributed by atoms with Crippen LogP contribution in [0.25, 0.3) is 0 Å². The number of nitrogens with zero attached hydrogens (tertiary/aromatic N) is 1. The first-order valence-corrected chi connectivity index (χ1v) is 7.34. The minimum absolute atomic E-state index is 0.0803. The zero-order chi connectivity index (χ0) is 13.1. The maximum atomic E-state index is 11.4. The molecule has 6 nitrogen and oxygen atoms in total. The number of rotatable bonds is 5.